The van der Waals surface area contributed by atoms with E-state index >= 15 is 0 Å². The van der Waals surface area contributed by atoms with Crippen LogP contribution in [0.1, 0.15) is 69.7 Å². The Morgan fingerprint density at radius 3 is 1.86 bits per heavy atom. The van der Waals surface area contributed by atoms with Gasteiger partial charge in [-0.25, -0.2) is 0 Å². The van der Waals surface area contributed by atoms with Gasteiger partial charge in [0.2, 0.25) is 0 Å². The third-order valence-electron chi connectivity index (χ3n) is 6.04. The van der Waals surface area contributed by atoms with Crippen LogP contribution in [-0.2, 0) is 15.9 Å². The number of hydrogen-bond acceptors (Lipinski definition) is 3. The summed E-state index contributed by atoms with van der Waals surface area (Å²) in [5.41, 5.74) is 5.10. The minimum absolute atomic E-state index is 0.337. The fraction of sp³-hybridized carbons (Fsp3) is 0.500. The molecule has 1 aliphatic rings. The van der Waals surface area contributed by atoms with Crippen molar-refractivity contribution in [3.63, 3.8) is 0 Å². The van der Waals surface area contributed by atoms with Crippen LogP contribution in [0, 0.1) is 13.8 Å². The van der Waals surface area contributed by atoms with Crippen molar-refractivity contribution in [1.82, 2.24) is 0 Å². The first kappa shape index (κ1) is 20.9. The smallest absolute Gasteiger partial charge is 0.488 e. The molecule has 1 saturated heterocycles. The average Bonchev–Trinajstić information content (AvgIpc) is 2.82. The van der Waals surface area contributed by atoms with Crippen molar-refractivity contribution in [3.8, 4) is 5.75 Å². The van der Waals surface area contributed by atoms with E-state index in [1.54, 1.807) is 0 Å². The highest BCUT2D eigenvalue weighted by atomic mass is 16.7. The Balaban J connectivity index is 1.74. The molecule has 0 amide bonds. The molecule has 0 spiro atoms. The summed E-state index contributed by atoms with van der Waals surface area (Å²) >= 11 is 0. The van der Waals surface area contributed by atoms with Gasteiger partial charge in [0.25, 0.3) is 0 Å². The predicted octanol–water partition coefficient (Wildman–Crippen LogP) is 5.31. The molecule has 0 atom stereocenters. The second-order valence-corrected chi connectivity index (χ2v) is 9.26. The Kier molecular flexibility index (Phi) is 5.66. The highest BCUT2D eigenvalue weighted by molar-refractivity contribution is 6.62. The van der Waals surface area contributed by atoms with E-state index in [0.29, 0.717) is 12.5 Å². The zero-order valence-corrected chi connectivity index (χ0v) is 18.6. The summed E-state index contributed by atoms with van der Waals surface area (Å²) in [7, 11) is -0.347. The molecule has 1 fully saturated rings. The molecular formula is C24H33BO3. The lowest BCUT2D eigenvalue weighted by atomic mass is 9.77. The first-order valence-electron chi connectivity index (χ1n) is 10.2. The number of rotatable bonds is 5. The summed E-state index contributed by atoms with van der Waals surface area (Å²) in [5.74, 6) is 1.48. The van der Waals surface area contributed by atoms with E-state index in [-0.39, 0.29) is 18.3 Å². The van der Waals surface area contributed by atoms with Gasteiger partial charge < -0.3 is 14.0 Å². The number of hydrogen-bond donors (Lipinski definition) is 0. The van der Waals surface area contributed by atoms with Gasteiger partial charge in [0, 0.05) is 0 Å². The fourth-order valence-corrected chi connectivity index (χ4v) is 3.48. The molecule has 0 bridgehead atoms. The van der Waals surface area contributed by atoms with Crippen LogP contribution in [0.15, 0.2) is 36.4 Å². The molecule has 0 radical (unpaired) electrons. The van der Waals surface area contributed by atoms with Crippen molar-refractivity contribution >= 4 is 12.6 Å². The first-order chi connectivity index (χ1) is 13.0. The predicted molar refractivity (Wildman–Crippen MR) is 116 cm³/mol. The van der Waals surface area contributed by atoms with Gasteiger partial charge in [0.05, 0.1) is 11.2 Å². The molecule has 0 aliphatic carbocycles. The first-order valence-corrected chi connectivity index (χ1v) is 10.2. The van der Waals surface area contributed by atoms with Gasteiger partial charge in [-0.2, -0.15) is 0 Å². The van der Waals surface area contributed by atoms with E-state index in [9.17, 15) is 0 Å². The molecule has 1 aliphatic heterocycles. The van der Waals surface area contributed by atoms with Crippen molar-refractivity contribution in [1.29, 1.82) is 0 Å². The van der Waals surface area contributed by atoms with Crippen LogP contribution in [-0.4, -0.2) is 18.3 Å². The molecule has 1 heterocycles. The number of benzene rings is 2. The molecule has 0 aromatic heterocycles. The molecule has 0 unspecified atom stereocenters. The van der Waals surface area contributed by atoms with Crippen LogP contribution in [0.25, 0.3) is 0 Å². The van der Waals surface area contributed by atoms with Crippen molar-refractivity contribution in [3.05, 3.63) is 58.7 Å². The Morgan fingerprint density at radius 1 is 0.893 bits per heavy atom. The Labute approximate surface area is 170 Å². The largest absolute Gasteiger partial charge is 0.494 e. The van der Waals surface area contributed by atoms with E-state index in [2.05, 4.69) is 91.8 Å². The zero-order valence-electron chi connectivity index (χ0n) is 18.6. The Bertz CT molecular complexity index is 798. The van der Waals surface area contributed by atoms with Gasteiger partial charge in [-0.1, -0.05) is 50.2 Å². The third-order valence-corrected chi connectivity index (χ3v) is 6.04. The molecule has 4 heteroatoms. The van der Waals surface area contributed by atoms with Crippen LogP contribution in [0.3, 0.4) is 0 Å². The van der Waals surface area contributed by atoms with Crippen LogP contribution >= 0.6 is 0 Å². The zero-order chi connectivity index (χ0) is 20.7. The maximum Gasteiger partial charge on any atom is 0.494 e. The highest BCUT2D eigenvalue weighted by Gasteiger charge is 2.51. The van der Waals surface area contributed by atoms with Crippen LogP contribution in [0.2, 0.25) is 0 Å². The van der Waals surface area contributed by atoms with Crippen molar-refractivity contribution in [2.24, 2.45) is 0 Å². The van der Waals surface area contributed by atoms with E-state index in [1.165, 1.54) is 11.1 Å². The van der Waals surface area contributed by atoms with Gasteiger partial charge in [-0.05, 0) is 75.2 Å². The lowest BCUT2D eigenvalue weighted by Crippen LogP contribution is -2.41. The second kappa shape index (κ2) is 7.57. The fourth-order valence-electron chi connectivity index (χ4n) is 3.48. The molecule has 28 heavy (non-hydrogen) atoms. The van der Waals surface area contributed by atoms with Gasteiger partial charge in [-0.3, -0.25) is 0 Å². The molecule has 2 aromatic carbocycles. The SMILES string of the molecule is Cc1cc(B2OC(C)(C)C(C)(C)O2)cc(C)c1OCc1ccc(C(C)C)cc1. The van der Waals surface area contributed by atoms with E-state index in [0.717, 1.165) is 22.3 Å². The van der Waals surface area contributed by atoms with E-state index in [4.69, 9.17) is 14.0 Å². The van der Waals surface area contributed by atoms with Gasteiger partial charge >= 0.3 is 7.12 Å². The Morgan fingerprint density at radius 2 is 1.39 bits per heavy atom. The van der Waals surface area contributed by atoms with Gasteiger partial charge in [0.1, 0.15) is 12.4 Å². The average molecular weight is 380 g/mol. The third kappa shape index (κ3) is 4.13. The standard InChI is InChI=1S/C24H33BO3/c1-16(2)20-11-9-19(10-12-20)15-26-22-17(3)13-21(14-18(22)4)25-27-23(5,6)24(7,8)28-25/h9-14,16H,15H2,1-8H3. The van der Waals surface area contributed by atoms with Crippen molar-refractivity contribution in [2.75, 3.05) is 0 Å². The molecule has 0 N–H and O–H groups in total. The monoisotopic (exact) mass is 380 g/mol. The molecule has 3 rings (SSSR count). The van der Waals surface area contributed by atoms with Crippen LogP contribution < -0.4 is 10.2 Å². The van der Waals surface area contributed by atoms with Crippen LogP contribution in [0.5, 0.6) is 5.75 Å². The van der Waals surface area contributed by atoms with Crippen molar-refractivity contribution in [2.45, 2.75) is 79.1 Å². The maximum absolute atomic E-state index is 6.20. The number of ether oxygens (including phenoxy) is 1. The quantitative estimate of drug-likeness (QED) is 0.659. The molecule has 2 aromatic rings. The summed E-state index contributed by atoms with van der Waals surface area (Å²) in [5, 5.41) is 0. The highest BCUT2D eigenvalue weighted by Crippen LogP contribution is 2.37. The summed E-state index contributed by atoms with van der Waals surface area (Å²) < 4.78 is 18.6. The second-order valence-electron chi connectivity index (χ2n) is 9.26. The normalized spacial score (nSPS) is 18.0. The topological polar surface area (TPSA) is 27.7 Å². The maximum atomic E-state index is 6.20. The lowest BCUT2D eigenvalue weighted by molar-refractivity contribution is 0.00578. The molecule has 3 nitrogen and oxygen atoms in total. The van der Waals surface area contributed by atoms with E-state index < -0.39 is 0 Å². The molecular weight excluding hydrogens is 347 g/mol. The lowest BCUT2D eigenvalue weighted by Gasteiger charge is -2.32. The summed E-state index contributed by atoms with van der Waals surface area (Å²) in [4.78, 5) is 0. The van der Waals surface area contributed by atoms with Gasteiger partial charge in [0.15, 0.2) is 0 Å². The minimum atomic E-state index is -0.347. The minimum Gasteiger partial charge on any atom is -0.488 e. The Hall–Kier alpha value is -1.78. The van der Waals surface area contributed by atoms with Crippen LogP contribution in [0.4, 0.5) is 0 Å². The summed E-state index contributed by atoms with van der Waals surface area (Å²) in [6, 6.07) is 12.9. The summed E-state index contributed by atoms with van der Waals surface area (Å²) in [6.45, 7) is 17.5. The molecule has 150 valence electrons. The molecule has 0 saturated carbocycles. The summed E-state index contributed by atoms with van der Waals surface area (Å²) in [6.07, 6.45) is 0. The van der Waals surface area contributed by atoms with E-state index in [1.807, 2.05) is 0 Å². The van der Waals surface area contributed by atoms with Crippen molar-refractivity contribution < 1.29 is 14.0 Å². The number of aryl methyl sites for hydroxylation is 2. The van der Waals surface area contributed by atoms with Gasteiger partial charge in [-0.15, -0.1) is 0 Å².